The second-order valence-corrected chi connectivity index (χ2v) is 5.31. The Morgan fingerprint density at radius 1 is 1.11 bits per heavy atom. The minimum Gasteiger partial charge on any atom is -0.372 e. The van der Waals surface area contributed by atoms with Crippen molar-refractivity contribution in [3.05, 3.63) is 45.9 Å². The van der Waals surface area contributed by atoms with Crippen LogP contribution in [-0.4, -0.2) is 18.1 Å². The monoisotopic (exact) mass is 272 g/mol. The highest BCUT2D eigenvalue weighted by Crippen LogP contribution is 2.17. The van der Waals surface area contributed by atoms with Gasteiger partial charge in [0.25, 0.3) is 0 Å². The zero-order valence-corrected chi connectivity index (χ0v) is 12.6. The Kier molecular flexibility index (Phi) is 4.74. The van der Waals surface area contributed by atoms with Gasteiger partial charge in [0.1, 0.15) is 5.01 Å². The van der Waals surface area contributed by atoms with Crippen LogP contribution in [0.25, 0.3) is 12.2 Å². The molecule has 0 saturated heterocycles. The topological polar surface area (TPSA) is 16.1 Å². The maximum atomic E-state index is 4.42. The first kappa shape index (κ1) is 13.8. The van der Waals surface area contributed by atoms with Crippen molar-refractivity contribution in [2.75, 3.05) is 18.0 Å². The first-order valence-electron chi connectivity index (χ1n) is 6.68. The van der Waals surface area contributed by atoms with Crippen LogP contribution in [0.3, 0.4) is 0 Å². The van der Waals surface area contributed by atoms with Gasteiger partial charge in [0, 0.05) is 29.9 Å². The van der Waals surface area contributed by atoms with Gasteiger partial charge >= 0.3 is 0 Å². The summed E-state index contributed by atoms with van der Waals surface area (Å²) in [6.07, 6.45) is 4.19. The van der Waals surface area contributed by atoms with Gasteiger partial charge in [-0.15, -0.1) is 11.3 Å². The van der Waals surface area contributed by atoms with Crippen molar-refractivity contribution in [3.63, 3.8) is 0 Å². The molecule has 0 aliphatic rings. The Bertz CT molecular complexity index is 536. The number of hydrogen-bond donors (Lipinski definition) is 0. The van der Waals surface area contributed by atoms with Crippen LogP contribution in [0.15, 0.2) is 29.6 Å². The lowest BCUT2D eigenvalue weighted by Gasteiger charge is -2.20. The van der Waals surface area contributed by atoms with E-state index in [1.54, 1.807) is 11.3 Å². The summed E-state index contributed by atoms with van der Waals surface area (Å²) in [5.41, 5.74) is 3.58. The third-order valence-electron chi connectivity index (χ3n) is 3.08. The number of thiazole rings is 1. The third-order valence-corrected chi connectivity index (χ3v) is 4.00. The maximum absolute atomic E-state index is 4.42. The Hall–Kier alpha value is -1.61. The maximum Gasteiger partial charge on any atom is 0.116 e. The zero-order valence-electron chi connectivity index (χ0n) is 11.8. The van der Waals surface area contributed by atoms with Crippen molar-refractivity contribution in [2.45, 2.75) is 20.8 Å². The molecule has 0 unspecified atom stereocenters. The summed E-state index contributed by atoms with van der Waals surface area (Å²) in [6.45, 7) is 8.48. The van der Waals surface area contributed by atoms with Crippen LogP contribution in [-0.2, 0) is 0 Å². The Morgan fingerprint density at radius 3 is 2.32 bits per heavy atom. The molecule has 2 aromatic rings. The number of aryl methyl sites for hydroxylation is 1. The highest BCUT2D eigenvalue weighted by atomic mass is 32.1. The lowest BCUT2D eigenvalue weighted by molar-refractivity contribution is 0.866. The van der Waals surface area contributed by atoms with Crippen molar-refractivity contribution in [3.8, 4) is 0 Å². The van der Waals surface area contributed by atoms with E-state index in [2.05, 4.69) is 65.5 Å². The minimum absolute atomic E-state index is 1.05. The molecule has 0 aliphatic carbocycles. The third kappa shape index (κ3) is 3.67. The zero-order chi connectivity index (χ0) is 13.7. The molecule has 100 valence electrons. The lowest BCUT2D eigenvalue weighted by Crippen LogP contribution is -2.21. The van der Waals surface area contributed by atoms with Crippen LogP contribution in [0.5, 0.6) is 0 Å². The van der Waals surface area contributed by atoms with Gasteiger partial charge in [-0.2, -0.15) is 0 Å². The van der Waals surface area contributed by atoms with Gasteiger partial charge in [-0.1, -0.05) is 18.2 Å². The predicted molar refractivity (Wildman–Crippen MR) is 85.8 cm³/mol. The highest BCUT2D eigenvalue weighted by Gasteiger charge is 2.00. The SMILES string of the molecule is CCN(CC)c1ccc(C=Cc2nc(C)cs2)cc1. The summed E-state index contributed by atoms with van der Waals surface area (Å²) >= 11 is 1.68. The summed E-state index contributed by atoms with van der Waals surface area (Å²) in [5.74, 6) is 0. The average molecular weight is 272 g/mol. The fourth-order valence-corrected chi connectivity index (χ4v) is 2.69. The first-order chi connectivity index (χ1) is 9.22. The molecule has 0 amide bonds. The summed E-state index contributed by atoms with van der Waals surface area (Å²) in [4.78, 5) is 6.77. The van der Waals surface area contributed by atoms with E-state index < -0.39 is 0 Å². The van der Waals surface area contributed by atoms with Crippen molar-refractivity contribution < 1.29 is 0 Å². The van der Waals surface area contributed by atoms with Crippen LogP contribution in [0.4, 0.5) is 5.69 Å². The molecule has 2 nitrogen and oxygen atoms in total. The molecule has 0 saturated carbocycles. The highest BCUT2D eigenvalue weighted by molar-refractivity contribution is 7.10. The molecule has 0 spiro atoms. The van der Waals surface area contributed by atoms with Crippen LogP contribution in [0.2, 0.25) is 0 Å². The van der Waals surface area contributed by atoms with E-state index >= 15 is 0 Å². The molecule has 0 N–H and O–H groups in total. The number of hydrogen-bond acceptors (Lipinski definition) is 3. The molecule has 0 atom stereocenters. The van der Waals surface area contributed by atoms with Crippen LogP contribution in [0.1, 0.15) is 30.1 Å². The largest absolute Gasteiger partial charge is 0.372 e. The van der Waals surface area contributed by atoms with Gasteiger partial charge in [-0.05, 0) is 44.5 Å². The Balaban J connectivity index is 2.08. The summed E-state index contributed by atoms with van der Waals surface area (Å²) in [5, 5.41) is 3.13. The number of benzene rings is 1. The molecule has 1 aromatic heterocycles. The number of aromatic nitrogens is 1. The molecule has 3 heteroatoms. The summed E-state index contributed by atoms with van der Waals surface area (Å²) in [6, 6.07) is 8.68. The lowest BCUT2D eigenvalue weighted by atomic mass is 10.2. The van der Waals surface area contributed by atoms with E-state index in [0.717, 1.165) is 23.8 Å². The van der Waals surface area contributed by atoms with E-state index in [-0.39, 0.29) is 0 Å². The second kappa shape index (κ2) is 6.53. The Labute approximate surface area is 119 Å². The molecule has 0 bridgehead atoms. The van der Waals surface area contributed by atoms with Crippen molar-refractivity contribution in [1.29, 1.82) is 0 Å². The average Bonchev–Trinajstić information content (AvgIpc) is 2.85. The van der Waals surface area contributed by atoms with E-state index in [4.69, 9.17) is 0 Å². The van der Waals surface area contributed by atoms with Gasteiger partial charge in [0.05, 0.1) is 0 Å². The fourth-order valence-electron chi connectivity index (χ4n) is 2.00. The molecular formula is C16H20N2S. The molecular weight excluding hydrogens is 252 g/mol. The van der Waals surface area contributed by atoms with Gasteiger partial charge in [-0.3, -0.25) is 0 Å². The predicted octanol–water partition coefficient (Wildman–Crippen LogP) is 4.47. The van der Waals surface area contributed by atoms with Crippen LogP contribution >= 0.6 is 11.3 Å². The van der Waals surface area contributed by atoms with Crippen molar-refractivity contribution >= 4 is 29.2 Å². The molecule has 0 radical (unpaired) electrons. The molecule has 19 heavy (non-hydrogen) atoms. The van der Waals surface area contributed by atoms with Gasteiger partial charge in [-0.25, -0.2) is 4.98 Å². The standard InChI is InChI=1S/C16H20N2S/c1-4-18(5-2)15-9-6-14(7-10-15)8-11-16-17-13(3)12-19-16/h6-12H,4-5H2,1-3H3. The second-order valence-electron chi connectivity index (χ2n) is 4.42. The first-order valence-corrected chi connectivity index (χ1v) is 7.56. The molecule has 1 aromatic carbocycles. The summed E-state index contributed by atoms with van der Waals surface area (Å²) in [7, 11) is 0. The molecule has 1 heterocycles. The van der Waals surface area contributed by atoms with E-state index in [0.29, 0.717) is 0 Å². The fraction of sp³-hybridized carbons (Fsp3) is 0.312. The normalized spacial score (nSPS) is 11.1. The minimum atomic E-state index is 1.05. The van der Waals surface area contributed by atoms with Gasteiger partial charge < -0.3 is 4.90 Å². The molecule has 2 rings (SSSR count). The molecule has 0 aliphatic heterocycles. The quantitative estimate of drug-likeness (QED) is 0.798. The van der Waals surface area contributed by atoms with Crippen molar-refractivity contribution in [1.82, 2.24) is 4.98 Å². The number of rotatable bonds is 5. The number of nitrogens with zero attached hydrogens (tertiary/aromatic N) is 2. The van der Waals surface area contributed by atoms with Gasteiger partial charge in [0.15, 0.2) is 0 Å². The van der Waals surface area contributed by atoms with Crippen LogP contribution in [0, 0.1) is 6.92 Å². The van der Waals surface area contributed by atoms with E-state index in [9.17, 15) is 0 Å². The Morgan fingerprint density at radius 2 is 1.79 bits per heavy atom. The molecule has 0 fully saturated rings. The smallest absolute Gasteiger partial charge is 0.116 e. The van der Waals surface area contributed by atoms with E-state index in [1.165, 1.54) is 11.3 Å². The van der Waals surface area contributed by atoms with Gasteiger partial charge in [0.2, 0.25) is 0 Å². The van der Waals surface area contributed by atoms with Crippen molar-refractivity contribution in [2.24, 2.45) is 0 Å². The van der Waals surface area contributed by atoms with Crippen LogP contribution < -0.4 is 4.90 Å². The number of anilines is 1. The summed E-state index contributed by atoms with van der Waals surface area (Å²) < 4.78 is 0. The van der Waals surface area contributed by atoms with E-state index in [1.807, 2.05) is 6.92 Å².